The van der Waals surface area contributed by atoms with E-state index in [-0.39, 0.29) is 29.5 Å². The summed E-state index contributed by atoms with van der Waals surface area (Å²) in [5.41, 5.74) is 0.120. The van der Waals surface area contributed by atoms with E-state index in [1.54, 1.807) is 6.92 Å². The van der Waals surface area contributed by atoms with Crippen LogP contribution >= 0.6 is 11.6 Å². The van der Waals surface area contributed by atoms with E-state index in [1.807, 2.05) is 6.92 Å². The summed E-state index contributed by atoms with van der Waals surface area (Å²) in [5.74, 6) is -1.29. The maximum Gasteiger partial charge on any atom is 0.361 e. The fraction of sp³-hybridized carbons (Fsp3) is 0.385. The van der Waals surface area contributed by atoms with Gasteiger partial charge in [-0.3, -0.25) is 0 Å². The van der Waals surface area contributed by atoms with E-state index in [0.717, 1.165) is 6.07 Å². The summed E-state index contributed by atoms with van der Waals surface area (Å²) in [7, 11) is 0. The fourth-order valence-corrected chi connectivity index (χ4v) is 1.45. The molecule has 1 aromatic rings. The second-order valence-corrected chi connectivity index (χ2v) is 3.94. The highest BCUT2D eigenvalue weighted by atomic mass is 35.5. The molecule has 0 fully saturated rings. The predicted octanol–water partition coefficient (Wildman–Crippen LogP) is 2.97. The molecule has 19 heavy (non-hydrogen) atoms. The van der Waals surface area contributed by atoms with Gasteiger partial charge < -0.3 is 9.57 Å². The van der Waals surface area contributed by atoms with E-state index in [0.29, 0.717) is 6.42 Å². The third kappa shape index (κ3) is 4.52. The maximum absolute atomic E-state index is 12.9. The fourth-order valence-electron chi connectivity index (χ4n) is 1.21. The van der Waals surface area contributed by atoms with E-state index >= 15 is 0 Å². The normalized spacial score (nSPS) is 11.3. The average Bonchev–Trinajstić information content (AvgIpc) is 2.38. The Morgan fingerprint density at radius 2 is 2.26 bits per heavy atom. The van der Waals surface area contributed by atoms with Crippen LogP contribution in [0.4, 0.5) is 4.39 Å². The van der Waals surface area contributed by atoms with Gasteiger partial charge in [-0.05, 0) is 25.5 Å². The summed E-state index contributed by atoms with van der Waals surface area (Å²) in [6, 6.07) is 4.60. The molecule has 1 radical (unpaired) electrons. The predicted molar refractivity (Wildman–Crippen MR) is 69.7 cm³/mol. The van der Waals surface area contributed by atoms with Crippen molar-refractivity contribution < 1.29 is 18.8 Å². The molecule has 1 rings (SSSR count). The van der Waals surface area contributed by atoms with Gasteiger partial charge in [-0.1, -0.05) is 23.7 Å². The Bertz CT molecular complexity index is 477. The first kappa shape index (κ1) is 15.4. The molecule has 0 aliphatic heterocycles. The molecule has 0 aromatic heterocycles. The minimum absolute atomic E-state index is 0.0446. The van der Waals surface area contributed by atoms with Gasteiger partial charge in [0.25, 0.3) is 0 Å². The molecule has 4 nitrogen and oxygen atoms in total. The monoisotopic (exact) mass is 286 g/mol. The van der Waals surface area contributed by atoms with Gasteiger partial charge in [0.2, 0.25) is 0 Å². The summed E-state index contributed by atoms with van der Waals surface area (Å²) in [6.07, 6.45) is 0.678. The first-order valence-electron chi connectivity index (χ1n) is 5.84. The Kier molecular flexibility index (Phi) is 6.29. The molecule has 0 N–H and O–H groups in total. The zero-order chi connectivity index (χ0) is 14.3. The van der Waals surface area contributed by atoms with Crippen LogP contribution in [0.15, 0.2) is 17.3 Å². The highest BCUT2D eigenvalue weighted by molar-refractivity contribution is 6.47. The Balaban J connectivity index is 3.06. The number of esters is 1. The van der Waals surface area contributed by atoms with Gasteiger partial charge in [0.05, 0.1) is 11.6 Å². The summed E-state index contributed by atoms with van der Waals surface area (Å²) in [4.78, 5) is 16.7. The molecule has 0 amide bonds. The Labute approximate surface area is 116 Å². The zero-order valence-corrected chi connectivity index (χ0v) is 11.5. The van der Waals surface area contributed by atoms with Gasteiger partial charge in [0.15, 0.2) is 5.71 Å². The molecule has 0 atom stereocenters. The van der Waals surface area contributed by atoms with Crippen molar-refractivity contribution in [2.45, 2.75) is 20.3 Å². The van der Waals surface area contributed by atoms with Gasteiger partial charge >= 0.3 is 5.97 Å². The minimum atomic E-state index is -0.669. The lowest BCUT2D eigenvalue weighted by Crippen LogP contribution is -2.20. The molecule has 0 saturated heterocycles. The van der Waals surface area contributed by atoms with E-state index < -0.39 is 11.8 Å². The molecule has 1 aromatic carbocycles. The van der Waals surface area contributed by atoms with Crippen molar-refractivity contribution in [3.8, 4) is 0 Å². The standard InChI is InChI=1S/C13H14ClFNO3/c1-3-7-18-13(17)12(16-19-4-2)10-6-5-9(15)8-11(10)14/h6,8H,3-4,7H2,1-2H3. The number of halogens is 2. The highest BCUT2D eigenvalue weighted by Crippen LogP contribution is 2.18. The molecule has 6 heteroatoms. The maximum atomic E-state index is 12.9. The van der Waals surface area contributed by atoms with E-state index in [2.05, 4.69) is 11.2 Å². The Hall–Kier alpha value is -1.62. The number of oxime groups is 1. The van der Waals surface area contributed by atoms with Crippen LogP contribution in [0.3, 0.4) is 0 Å². The molecule has 0 aliphatic carbocycles. The smallest absolute Gasteiger partial charge is 0.361 e. The second kappa shape index (κ2) is 7.74. The van der Waals surface area contributed by atoms with Crippen LogP contribution in [0, 0.1) is 11.9 Å². The molecule has 103 valence electrons. The van der Waals surface area contributed by atoms with Gasteiger partial charge in [0.1, 0.15) is 12.4 Å². The van der Waals surface area contributed by atoms with Crippen molar-refractivity contribution in [1.82, 2.24) is 0 Å². The van der Waals surface area contributed by atoms with E-state index in [9.17, 15) is 9.18 Å². The van der Waals surface area contributed by atoms with Crippen LogP contribution in [0.1, 0.15) is 25.8 Å². The summed E-state index contributed by atoms with van der Waals surface area (Å²) >= 11 is 5.88. The number of hydrogen-bond acceptors (Lipinski definition) is 4. The van der Waals surface area contributed by atoms with Crippen LogP contribution in [0.5, 0.6) is 0 Å². The lowest BCUT2D eigenvalue weighted by atomic mass is 10.1. The third-order valence-corrected chi connectivity index (χ3v) is 2.35. The van der Waals surface area contributed by atoms with Crippen molar-refractivity contribution in [2.24, 2.45) is 5.16 Å². The number of rotatable bonds is 6. The molecule has 0 aliphatic rings. The van der Waals surface area contributed by atoms with Crippen LogP contribution in [-0.4, -0.2) is 24.9 Å². The molecule has 0 saturated carbocycles. The van der Waals surface area contributed by atoms with Crippen molar-refractivity contribution in [3.63, 3.8) is 0 Å². The summed E-state index contributed by atoms with van der Waals surface area (Å²) < 4.78 is 17.9. The van der Waals surface area contributed by atoms with Crippen LogP contribution < -0.4 is 0 Å². The number of ether oxygens (including phenoxy) is 1. The molecule has 0 spiro atoms. The van der Waals surface area contributed by atoms with E-state index in [1.165, 1.54) is 6.07 Å². The largest absolute Gasteiger partial charge is 0.461 e. The number of nitrogens with zero attached hydrogens (tertiary/aromatic N) is 1. The van der Waals surface area contributed by atoms with E-state index in [4.69, 9.17) is 21.2 Å². The summed E-state index contributed by atoms with van der Waals surface area (Å²) in [5, 5.41) is 3.72. The first-order chi connectivity index (χ1) is 9.10. The quantitative estimate of drug-likeness (QED) is 0.459. The SMILES string of the molecule is CCCOC(=O)C(=NOCC)c1c[c]c(F)cc1Cl. The average molecular weight is 287 g/mol. The lowest BCUT2D eigenvalue weighted by Gasteiger charge is -2.08. The van der Waals surface area contributed by atoms with Crippen molar-refractivity contribution in [2.75, 3.05) is 13.2 Å². The number of hydrogen-bond donors (Lipinski definition) is 0. The number of carbonyl (C=O) groups is 1. The molecular weight excluding hydrogens is 273 g/mol. The topological polar surface area (TPSA) is 47.9 Å². The van der Waals surface area contributed by atoms with Crippen molar-refractivity contribution in [1.29, 1.82) is 0 Å². The van der Waals surface area contributed by atoms with Crippen molar-refractivity contribution >= 4 is 23.3 Å². The van der Waals surface area contributed by atoms with Gasteiger partial charge in [-0.25, -0.2) is 9.18 Å². The Morgan fingerprint density at radius 1 is 1.53 bits per heavy atom. The second-order valence-electron chi connectivity index (χ2n) is 3.54. The molecular formula is C13H14ClFNO3. The van der Waals surface area contributed by atoms with Crippen molar-refractivity contribution in [3.05, 3.63) is 34.6 Å². The number of benzene rings is 1. The minimum Gasteiger partial charge on any atom is -0.461 e. The van der Waals surface area contributed by atoms with Crippen LogP contribution in [0.2, 0.25) is 5.02 Å². The van der Waals surface area contributed by atoms with Gasteiger partial charge in [0, 0.05) is 11.6 Å². The Morgan fingerprint density at radius 3 is 2.84 bits per heavy atom. The molecule has 0 bridgehead atoms. The third-order valence-electron chi connectivity index (χ3n) is 2.04. The number of carbonyl (C=O) groups excluding carboxylic acids is 1. The van der Waals surface area contributed by atoms with Crippen LogP contribution in [0.25, 0.3) is 0 Å². The molecule has 0 unspecified atom stereocenters. The summed E-state index contributed by atoms with van der Waals surface area (Å²) in [6.45, 7) is 4.13. The zero-order valence-electron chi connectivity index (χ0n) is 10.7. The van der Waals surface area contributed by atoms with Crippen LogP contribution in [-0.2, 0) is 14.4 Å². The lowest BCUT2D eigenvalue weighted by molar-refractivity contribution is -0.135. The van der Waals surface area contributed by atoms with Gasteiger partial charge in [-0.2, -0.15) is 0 Å². The molecule has 0 heterocycles. The van der Waals surface area contributed by atoms with Gasteiger partial charge in [-0.15, -0.1) is 0 Å². The first-order valence-corrected chi connectivity index (χ1v) is 6.22. The highest BCUT2D eigenvalue weighted by Gasteiger charge is 2.20.